The summed E-state index contributed by atoms with van der Waals surface area (Å²) in [5.41, 5.74) is 0.832. The van der Waals surface area contributed by atoms with Gasteiger partial charge in [0, 0.05) is 24.8 Å². The van der Waals surface area contributed by atoms with E-state index in [-0.39, 0.29) is 10.8 Å². The van der Waals surface area contributed by atoms with Gasteiger partial charge in [0.15, 0.2) is 11.6 Å². The Morgan fingerprint density at radius 3 is 2.90 bits per heavy atom. The lowest BCUT2D eigenvalue weighted by atomic mass is 10.3. The molecule has 1 aromatic heterocycles. The van der Waals surface area contributed by atoms with Crippen molar-refractivity contribution in [3.8, 4) is 11.5 Å². The Balaban J connectivity index is 2.13. The number of aromatic nitrogens is 1. The normalized spacial score (nSPS) is 10.8. The van der Waals surface area contributed by atoms with E-state index in [1.54, 1.807) is 24.4 Å². The second kappa shape index (κ2) is 6.68. The van der Waals surface area contributed by atoms with Crippen LogP contribution >= 0.6 is 11.6 Å². The van der Waals surface area contributed by atoms with Crippen LogP contribution in [-0.2, 0) is 6.54 Å². The van der Waals surface area contributed by atoms with E-state index >= 15 is 0 Å². The highest BCUT2D eigenvalue weighted by Crippen LogP contribution is 2.28. The van der Waals surface area contributed by atoms with Crippen LogP contribution in [0.25, 0.3) is 0 Å². The zero-order valence-corrected chi connectivity index (χ0v) is 12.1. The molecule has 0 fully saturated rings. The Kier molecular flexibility index (Phi) is 4.93. The van der Waals surface area contributed by atoms with Crippen LogP contribution in [0.4, 0.5) is 4.39 Å². The van der Waals surface area contributed by atoms with Gasteiger partial charge in [-0.25, -0.2) is 4.39 Å². The van der Waals surface area contributed by atoms with Crippen molar-refractivity contribution < 1.29 is 9.13 Å². The van der Waals surface area contributed by atoms with Gasteiger partial charge in [0.05, 0.1) is 10.7 Å². The van der Waals surface area contributed by atoms with Gasteiger partial charge in [-0.2, -0.15) is 0 Å². The zero-order valence-electron chi connectivity index (χ0n) is 11.4. The summed E-state index contributed by atoms with van der Waals surface area (Å²) in [7, 11) is 0. The summed E-state index contributed by atoms with van der Waals surface area (Å²) in [6, 6.07) is 8.48. The fourth-order valence-electron chi connectivity index (χ4n) is 1.61. The molecule has 0 spiro atoms. The van der Waals surface area contributed by atoms with E-state index in [1.165, 1.54) is 12.1 Å². The number of ether oxygens (including phenoxy) is 1. The smallest absolute Gasteiger partial charge is 0.184 e. The highest BCUT2D eigenvalue weighted by Gasteiger charge is 2.09. The quantitative estimate of drug-likeness (QED) is 0.899. The molecule has 20 heavy (non-hydrogen) atoms. The van der Waals surface area contributed by atoms with Crippen molar-refractivity contribution in [2.75, 3.05) is 0 Å². The molecule has 2 aromatic rings. The van der Waals surface area contributed by atoms with Crippen LogP contribution in [0.3, 0.4) is 0 Å². The van der Waals surface area contributed by atoms with Crippen molar-refractivity contribution >= 4 is 11.6 Å². The van der Waals surface area contributed by atoms with Gasteiger partial charge >= 0.3 is 0 Å². The number of rotatable bonds is 5. The van der Waals surface area contributed by atoms with Crippen molar-refractivity contribution in [1.29, 1.82) is 0 Å². The minimum Gasteiger partial charge on any atom is -0.454 e. The Morgan fingerprint density at radius 2 is 2.15 bits per heavy atom. The first-order chi connectivity index (χ1) is 9.56. The molecule has 0 atom stereocenters. The third-order valence-corrected chi connectivity index (χ3v) is 2.92. The third-order valence-electron chi connectivity index (χ3n) is 2.62. The highest BCUT2D eigenvalue weighted by molar-refractivity contribution is 6.30. The molecule has 0 aliphatic carbocycles. The summed E-state index contributed by atoms with van der Waals surface area (Å²) in [6.45, 7) is 4.75. The molecular formula is C15H16ClFN2O. The van der Waals surface area contributed by atoms with Crippen molar-refractivity contribution in [2.45, 2.75) is 26.4 Å². The minimum atomic E-state index is -0.562. The first-order valence-electron chi connectivity index (χ1n) is 6.36. The average Bonchev–Trinajstić information content (AvgIpc) is 2.42. The van der Waals surface area contributed by atoms with Crippen LogP contribution in [0.5, 0.6) is 11.5 Å². The summed E-state index contributed by atoms with van der Waals surface area (Å²) < 4.78 is 19.3. The molecule has 0 bridgehead atoms. The van der Waals surface area contributed by atoms with E-state index in [2.05, 4.69) is 24.1 Å². The molecule has 5 heteroatoms. The minimum absolute atomic E-state index is 0.0401. The largest absolute Gasteiger partial charge is 0.454 e. The van der Waals surface area contributed by atoms with Crippen LogP contribution in [0.1, 0.15) is 19.5 Å². The summed E-state index contributed by atoms with van der Waals surface area (Å²) in [4.78, 5) is 4.23. The number of benzene rings is 1. The van der Waals surface area contributed by atoms with Gasteiger partial charge in [-0.3, -0.25) is 4.98 Å². The summed E-state index contributed by atoms with van der Waals surface area (Å²) in [6.07, 6.45) is 1.63. The average molecular weight is 295 g/mol. The molecule has 3 nitrogen and oxygen atoms in total. The maximum atomic E-state index is 13.8. The molecule has 1 aromatic carbocycles. The Labute approximate surface area is 122 Å². The van der Waals surface area contributed by atoms with Crippen molar-refractivity contribution in [3.05, 3.63) is 53.1 Å². The van der Waals surface area contributed by atoms with Gasteiger partial charge < -0.3 is 10.1 Å². The van der Waals surface area contributed by atoms with Gasteiger partial charge in [0.25, 0.3) is 0 Å². The molecule has 0 radical (unpaired) electrons. The van der Waals surface area contributed by atoms with Gasteiger partial charge in [0.2, 0.25) is 0 Å². The first-order valence-corrected chi connectivity index (χ1v) is 6.74. The van der Waals surface area contributed by atoms with Crippen molar-refractivity contribution in [3.63, 3.8) is 0 Å². The second-order valence-corrected chi connectivity index (χ2v) is 5.08. The molecule has 0 amide bonds. The van der Waals surface area contributed by atoms with Crippen LogP contribution in [0.15, 0.2) is 36.5 Å². The number of pyridine rings is 1. The summed E-state index contributed by atoms with van der Waals surface area (Å²) >= 11 is 5.72. The van der Waals surface area contributed by atoms with E-state index in [0.717, 1.165) is 5.69 Å². The fraction of sp³-hybridized carbons (Fsp3) is 0.267. The van der Waals surface area contributed by atoms with Gasteiger partial charge in [-0.15, -0.1) is 0 Å². The second-order valence-electron chi connectivity index (χ2n) is 4.67. The molecule has 1 heterocycles. The first kappa shape index (κ1) is 14.8. The van der Waals surface area contributed by atoms with E-state index in [0.29, 0.717) is 18.3 Å². The topological polar surface area (TPSA) is 34.1 Å². The Morgan fingerprint density at radius 1 is 1.35 bits per heavy atom. The predicted octanol–water partition coefficient (Wildman–Crippen LogP) is 4.16. The maximum Gasteiger partial charge on any atom is 0.184 e. The molecule has 1 N–H and O–H groups in total. The van der Waals surface area contributed by atoms with E-state index in [4.69, 9.17) is 16.3 Å². The maximum absolute atomic E-state index is 13.8. The van der Waals surface area contributed by atoms with E-state index in [9.17, 15) is 4.39 Å². The lowest BCUT2D eigenvalue weighted by Gasteiger charge is -2.10. The molecule has 0 aliphatic heterocycles. The Hall–Kier alpha value is -1.65. The van der Waals surface area contributed by atoms with Crippen LogP contribution < -0.4 is 10.1 Å². The SMILES string of the molecule is CC(C)NCc1cc(Oc2cccc(Cl)c2F)ccn1. The standard InChI is InChI=1S/C15H16ClFN2O/c1-10(2)19-9-11-8-12(6-7-18-11)20-14-5-3-4-13(16)15(14)17/h3-8,10,19H,9H2,1-2H3. The third kappa shape index (κ3) is 3.92. The molecule has 2 rings (SSSR count). The number of nitrogens with zero attached hydrogens (tertiary/aromatic N) is 1. The Bertz CT molecular complexity index is 590. The summed E-state index contributed by atoms with van der Waals surface area (Å²) in [5, 5.41) is 3.30. The lowest BCUT2D eigenvalue weighted by molar-refractivity contribution is 0.440. The van der Waals surface area contributed by atoms with Gasteiger partial charge in [-0.05, 0) is 18.2 Å². The van der Waals surface area contributed by atoms with E-state index < -0.39 is 5.82 Å². The highest BCUT2D eigenvalue weighted by atomic mass is 35.5. The van der Waals surface area contributed by atoms with Crippen molar-refractivity contribution in [1.82, 2.24) is 10.3 Å². The van der Waals surface area contributed by atoms with Crippen molar-refractivity contribution in [2.24, 2.45) is 0 Å². The van der Waals surface area contributed by atoms with Crippen LogP contribution in [-0.4, -0.2) is 11.0 Å². The molecule has 0 saturated heterocycles. The van der Waals surface area contributed by atoms with Crippen LogP contribution in [0.2, 0.25) is 5.02 Å². The zero-order chi connectivity index (χ0) is 14.5. The predicted molar refractivity (Wildman–Crippen MR) is 77.7 cm³/mol. The number of halogens is 2. The number of hydrogen-bond donors (Lipinski definition) is 1. The molecular weight excluding hydrogens is 279 g/mol. The van der Waals surface area contributed by atoms with Crippen LogP contribution in [0, 0.1) is 5.82 Å². The van der Waals surface area contributed by atoms with Gasteiger partial charge in [-0.1, -0.05) is 31.5 Å². The molecule has 106 valence electrons. The number of nitrogens with one attached hydrogen (secondary N) is 1. The lowest BCUT2D eigenvalue weighted by Crippen LogP contribution is -2.22. The fourth-order valence-corrected chi connectivity index (χ4v) is 1.78. The number of hydrogen-bond acceptors (Lipinski definition) is 3. The van der Waals surface area contributed by atoms with Gasteiger partial charge in [0.1, 0.15) is 5.75 Å². The molecule has 0 unspecified atom stereocenters. The monoisotopic (exact) mass is 294 g/mol. The molecule has 0 aliphatic rings. The summed E-state index contributed by atoms with van der Waals surface area (Å²) in [5.74, 6) is 0.0704. The molecule has 0 saturated carbocycles. The van der Waals surface area contributed by atoms with E-state index in [1.807, 2.05) is 0 Å².